The van der Waals surface area contributed by atoms with Crippen molar-refractivity contribution in [3.8, 4) is 0 Å². The summed E-state index contributed by atoms with van der Waals surface area (Å²) in [6.45, 7) is 0. The number of amides is 1. The van der Waals surface area contributed by atoms with E-state index in [-0.39, 0.29) is 11.7 Å². The van der Waals surface area contributed by atoms with Gasteiger partial charge in [0.15, 0.2) is 0 Å². The molecular formula is C13H13ClN4OS. The first kappa shape index (κ1) is 13.3. The zero-order chi connectivity index (χ0) is 14.1. The lowest BCUT2D eigenvalue weighted by Crippen LogP contribution is -2.18. The molecule has 5 nitrogen and oxygen atoms in total. The van der Waals surface area contributed by atoms with E-state index in [0.29, 0.717) is 5.82 Å². The molecular weight excluding hydrogens is 296 g/mol. The Morgan fingerprint density at radius 2 is 2.35 bits per heavy atom. The van der Waals surface area contributed by atoms with E-state index in [4.69, 9.17) is 17.3 Å². The number of hydrogen-bond acceptors (Lipinski definition) is 5. The number of carbonyl (C=O) groups excluding carboxylic acids is 1. The van der Waals surface area contributed by atoms with Crippen molar-refractivity contribution in [2.75, 3.05) is 5.32 Å². The van der Waals surface area contributed by atoms with Gasteiger partial charge >= 0.3 is 0 Å². The summed E-state index contributed by atoms with van der Waals surface area (Å²) in [6, 6.07) is 2.16. The molecule has 1 atom stereocenters. The van der Waals surface area contributed by atoms with Gasteiger partial charge in [-0.15, -0.1) is 11.3 Å². The molecule has 0 aliphatic heterocycles. The van der Waals surface area contributed by atoms with Gasteiger partial charge in [0.1, 0.15) is 11.5 Å². The van der Waals surface area contributed by atoms with Crippen LogP contribution in [0.5, 0.6) is 0 Å². The number of aromatic nitrogens is 2. The van der Waals surface area contributed by atoms with E-state index >= 15 is 0 Å². The van der Waals surface area contributed by atoms with Crippen LogP contribution in [-0.4, -0.2) is 15.9 Å². The number of aryl methyl sites for hydroxylation is 1. The third-order valence-corrected chi connectivity index (χ3v) is 4.63. The smallest absolute Gasteiger partial charge is 0.268 e. The van der Waals surface area contributed by atoms with E-state index in [1.165, 1.54) is 16.6 Å². The van der Waals surface area contributed by atoms with Crippen LogP contribution in [0.15, 0.2) is 18.5 Å². The third-order valence-electron chi connectivity index (χ3n) is 3.29. The summed E-state index contributed by atoms with van der Waals surface area (Å²) in [5, 5.41) is 3.31. The van der Waals surface area contributed by atoms with Crippen LogP contribution in [0.3, 0.4) is 0 Å². The molecule has 2 aromatic heterocycles. The van der Waals surface area contributed by atoms with Gasteiger partial charge in [-0.2, -0.15) is 0 Å². The van der Waals surface area contributed by atoms with E-state index in [1.807, 2.05) is 6.07 Å². The van der Waals surface area contributed by atoms with E-state index in [0.717, 1.165) is 23.6 Å². The topological polar surface area (TPSA) is 80.9 Å². The Balaban J connectivity index is 1.85. The molecule has 3 N–H and O–H groups in total. The largest absolute Gasteiger partial charge is 0.364 e. The number of primary amides is 1. The lowest BCUT2D eigenvalue weighted by Gasteiger charge is -2.24. The van der Waals surface area contributed by atoms with Gasteiger partial charge in [0, 0.05) is 4.88 Å². The summed E-state index contributed by atoms with van der Waals surface area (Å²) in [4.78, 5) is 20.6. The minimum Gasteiger partial charge on any atom is -0.364 e. The highest BCUT2D eigenvalue weighted by atomic mass is 35.5. The SMILES string of the molecule is NC(=O)c1cncc(NC2CCCc3sc(Cl)cc32)n1. The molecule has 1 aliphatic carbocycles. The second-order valence-electron chi connectivity index (χ2n) is 4.67. The lowest BCUT2D eigenvalue weighted by molar-refractivity contribution is 0.0995. The summed E-state index contributed by atoms with van der Waals surface area (Å²) in [7, 11) is 0. The average molecular weight is 309 g/mol. The maximum absolute atomic E-state index is 11.1. The number of carbonyl (C=O) groups is 1. The molecule has 1 aliphatic rings. The molecule has 20 heavy (non-hydrogen) atoms. The van der Waals surface area contributed by atoms with Crippen molar-refractivity contribution in [3.05, 3.63) is 38.9 Å². The molecule has 0 saturated heterocycles. The van der Waals surface area contributed by atoms with Crippen molar-refractivity contribution in [1.29, 1.82) is 0 Å². The van der Waals surface area contributed by atoms with Crippen LogP contribution < -0.4 is 11.1 Å². The Labute approximate surface area is 125 Å². The number of halogens is 1. The summed E-state index contributed by atoms with van der Waals surface area (Å²) >= 11 is 7.72. The summed E-state index contributed by atoms with van der Waals surface area (Å²) in [5.41, 5.74) is 6.59. The number of anilines is 1. The molecule has 0 fully saturated rings. The Bertz CT molecular complexity index is 658. The monoisotopic (exact) mass is 308 g/mol. The molecule has 1 amide bonds. The van der Waals surface area contributed by atoms with Gasteiger partial charge in [-0.1, -0.05) is 11.6 Å². The number of thiophene rings is 1. The predicted molar refractivity (Wildman–Crippen MR) is 79.2 cm³/mol. The molecule has 2 heterocycles. The Morgan fingerprint density at radius 3 is 3.15 bits per heavy atom. The second kappa shape index (κ2) is 5.38. The van der Waals surface area contributed by atoms with E-state index < -0.39 is 5.91 Å². The zero-order valence-corrected chi connectivity index (χ0v) is 12.2. The van der Waals surface area contributed by atoms with E-state index in [2.05, 4.69) is 15.3 Å². The molecule has 0 saturated carbocycles. The highest BCUT2D eigenvalue weighted by Gasteiger charge is 2.23. The van der Waals surface area contributed by atoms with Gasteiger partial charge in [-0.05, 0) is 30.9 Å². The quantitative estimate of drug-likeness (QED) is 0.913. The molecule has 104 valence electrons. The standard InChI is InChI=1S/C13H13ClN4OS/c14-11-4-7-8(2-1-3-10(7)20-11)17-12-6-16-5-9(18-12)13(15)19/h4-6,8H,1-3H2,(H2,15,19)(H,17,18). The number of nitrogens with two attached hydrogens (primary N) is 1. The van der Waals surface area contributed by atoms with Gasteiger partial charge < -0.3 is 11.1 Å². The first-order valence-electron chi connectivity index (χ1n) is 6.30. The number of hydrogen-bond donors (Lipinski definition) is 2. The fourth-order valence-corrected chi connectivity index (χ4v) is 3.79. The lowest BCUT2D eigenvalue weighted by atomic mass is 9.94. The molecule has 1 unspecified atom stereocenters. The van der Waals surface area contributed by atoms with Gasteiger partial charge in [0.2, 0.25) is 0 Å². The van der Waals surface area contributed by atoms with Crippen LogP contribution in [-0.2, 0) is 6.42 Å². The average Bonchev–Trinajstić information content (AvgIpc) is 2.80. The van der Waals surface area contributed by atoms with Crippen molar-refractivity contribution in [2.45, 2.75) is 25.3 Å². The number of rotatable bonds is 3. The minimum absolute atomic E-state index is 0.153. The summed E-state index contributed by atoms with van der Waals surface area (Å²) < 4.78 is 0.806. The molecule has 0 spiro atoms. The van der Waals surface area contributed by atoms with Crippen molar-refractivity contribution in [2.24, 2.45) is 5.73 Å². The van der Waals surface area contributed by atoms with Crippen LogP contribution in [0.2, 0.25) is 4.34 Å². The Kier molecular flexibility index (Phi) is 3.58. The Morgan fingerprint density at radius 1 is 1.50 bits per heavy atom. The molecule has 0 radical (unpaired) electrons. The molecule has 0 bridgehead atoms. The van der Waals surface area contributed by atoms with Crippen molar-refractivity contribution in [3.63, 3.8) is 0 Å². The third kappa shape index (κ3) is 2.62. The highest BCUT2D eigenvalue weighted by Crippen LogP contribution is 2.39. The fraction of sp³-hybridized carbons (Fsp3) is 0.308. The zero-order valence-electron chi connectivity index (χ0n) is 10.6. The predicted octanol–water partition coefficient (Wildman–Crippen LogP) is 2.78. The summed E-state index contributed by atoms with van der Waals surface area (Å²) in [5.74, 6) is -0.0227. The van der Waals surface area contributed by atoms with Gasteiger partial charge in [-0.25, -0.2) is 4.98 Å². The van der Waals surface area contributed by atoms with E-state index in [1.54, 1.807) is 17.5 Å². The highest BCUT2D eigenvalue weighted by molar-refractivity contribution is 7.16. The van der Waals surface area contributed by atoms with Crippen molar-refractivity contribution < 1.29 is 4.79 Å². The minimum atomic E-state index is -0.580. The maximum atomic E-state index is 11.1. The maximum Gasteiger partial charge on any atom is 0.268 e. The van der Waals surface area contributed by atoms with Crippen LogP contribution in [0.25, 0.3) is 0 Å². The second-order valence-corrected chi connectivity index (χ2v) is 6.44. The molecule has 0 aromatic carbocycles. The number of nitrogens with one attached hydrogen (secondary N) is 1. The van der Waals surface area contributed by atoms with E-state index in [9.17, 15) is 4.79 Å². The summed E-state index contributed by atoms with van der Waals surface area (Å²) in [6.07, 6.45) is 6.13. The normalized spacial score (nSPS) is 17.6. The fourth-order valence-electron chi connectivity index (χ4n) is 2.40. The van der Waals surface area contributed by atoms with Crippen LogP contribution in [0, 0.1) is 0 Å². The van der Waals surface area contributed by atoms with Gasteiger partial charge in [0.25, 0.3) is 5.91 Å². The van der Waals surface area contributed by atoms with Crippen LogP contribution in [0.4, 0.5) is 5.82 Å². The number of fused-ring (bicyclic) bond motifs is 1. The number of nitrogens with zero attached hydrogens (tertiary/aromatic N) is 2. The first-order chi connectivity index (χ1) is 9.63. The molecule has 2 aromatic rings. The van der Waals surface area contributed by atoms with Crippen molar-refractivity contribution in [1.82, 2.24) is 9.97 Å². The first-order valence-corrected chi connectivity index (χ1v) is 7.49. The van der Waals surface area contributed by atoms with Gasteiger partial charge in [0.05, 0.1) is 22.8 Å². The van der Waals surface area contributed by atoms with Gasteiger partial charge in [-0.3, -0.25) is 9.78 Å². The van der Waals surface area contributed by atoms with Crippen molar-refractivity contribution >= 4 is 34.7 Å². The molecule has 3 rings (SSSR count). The van der Waals surface area contributed by atoms with Crippen LogP contribution >= 0.6 is 22.9 Å². The Hall–Kier alpha value is -1.66. The van der Waals surface area contributed by atoms with Crippen LogP contribution in [0.1, 0.15) is 39.8 Å². The molecule has 7 heteroatoms.